The molecular weight excluding hydrogens is 335 g/mol. The van der Waals surface area contributed by atoms with Crippen LogP contribution in [0, 0.1) is 5.82 Å². The van der Waals surface area contributed by atoms with Crippen molar-refractivity contribution in [1.82, 2.24) is 5.32 Å². The van der Waals surface area contributed by atoms with Crippen molar-refractivity contribution >= 4 is 17.5 Å². The molecular formula is C20H21FN2O3. The number of anilines is 1. The Morgan fingerprint density at radius 1 is 1.15 bits per heavy atom. The highest BCUT2D eigenvalue weighted by molar-refractivity contribution is 6.03. The van der Waals surface area contributed by atoms with E-state index in [0.29, 0.717) is 38.2 Å². The molecule has 2 amide bonds. The highest BCUT2D eigenvalue weighted by Crippen LogP contribution is 2.26. The van der Waals surface area contributed by atoms with Crippen molar-refractivity contribution in [1.29, 1.82) is 0 Å². The van der Waals surface area contributed by atoms with Gasteiger partial charge in [-0.1, -0.05) is 18.2 Å². The van der Waals surface area contributed by atoms with Crippen LogP contribution in [0.4, 0.5) is 10.1 Å². The van der Waals surface area contributed by atoms with Crippen LogP contribution in [0.25, 0.3) is 0 Å². The average molecular weight is 356 g/mol. The van der Waals surface area contributed by atoms with E-state index in [1.54, 1.807) is 17.0 Å². The Labute approximate surface area is 151 Å². The van der Waals surface area contributed by atoms with Crippen LogP contribution in [-0.4, -0.2) is 31.0 Å². The first-order chi connectivity index (χ1) is 12.6. The second-order valence-corrected chi connectivity index (χ2v) is 6.10. The number of nitrogens with zero attached hydrogens (tertiary/aromatic N) is 1. The second-order valence-electron chi connectivity index (χ2n) is 6.10. The first-order valence-electron chi connectivity index (χ1n) is 8.68. The zero-order chi connectivity index (χ0) is 18.4. The number of ether oxygens (including phenoxy) is 1. The molecule has 1 saturated heterocycles. The highest BCUT2D eigenvalue weighted by Gasteiger charge is 2.36. The van der Waals surface area contributed by atoms with Crippen molar-refractivity contribution in [2.75, 3.05) is 18.1 Å². The first kappa shape index (κ1) is 17.9. The van der Waals surface area contributed by atoms with E-state index < -0.39 is 6.04 Å². The van der Waals surface area contributed by atoms with Gasteiger partial charge in [0.1, 0.15) is 17.6 Å². The molecule has 5 nitrogen and oxygen atoms in total. The van der Waals surface area contributed by atoms with Gasteiger partial charge in [0.25, 0.3) is 0 Å². The summed E-state index contributed by atoms with van der Waals surface area (Å²) in [5.74, 6) is 0.102. The minimum atomic E-state index is -0.470. The average Bonchev–Trinajstić information content (AvgIpc) is 3.05. The van der Waals surface area contributed by atoms with Crippen molar-refractivity contribution < 1.29 is 18.7 Å². The molecule has 1 atom stereocenters. The zero-order valence-electron chi connectivity index (χ0n) is 14.4. The van der Waals surface area contributed by atoms with Crippen LogP contribution in [0.2, 0.25) is 0 Å². The molecule has 1 aliphatic heterocycles. The van der Waals surface area contributed by atoms with Crippen molar-refractivity contribution in [2.45, 2.75) is 25.3 Å². The maximum atomic E-state index is 12.8. The largest absolute Gasteiger partial charge is 0.494 e. The number of para-hydroxylation sites is 1. The van der Waals surface area contributed by atoms with Crippen molar-refractivity contribution in [3.05, 3.63) is 60.4 Å². The minimum absolute atomic E-state index is 0.0315. The van der Waals surface area contributed by atoms with Crippen LogP contribution in [0.3, 0.4) is 0 Å². The molecule has 2 aromatic carbocycles. The van der Waals surface area contributed by atoms with E-state index in [-0.39, 0.29) is 17.6 Å². The smallest absolute Gasteiger partial charge is 0.243 e. The van der Waals surface area contributed by atoms with Gasteiger partial charge in [-0.15, -0.1) is 0 Å². The molecule has 0 aliphatic carbocycles. The van der Waals surface area contributed by atoms with E-state index in [1.807, 2.05) is 30.3 Å². The fourth-order valence-electron chi connectivity index (χ4n) is 2.97. The topological polar surface area (TPSA) is 58.6 Å². The second kappa shape index (κ2) is 8.47. The predicted octanol–water partition coefficient (Wildman–Crippen LogP) is 2.91. The van der Waals surface area contributed by atoms with E-state index in [2.05, 4.69) is 5.32 Å². The van der Waals surface area contributed by atoms with E-state index >= 15 is 0 Å². The Kier molecular flexibility index (Phi) is 5.84. The van der Waals surface area contributed by atoms with E-state index in [1.165, 1.54) is 12.1 Å². The fourth-order valence-corrected chi connectivity index (χ4v) is 2.97. The predicted molar refractivity (Wildman–Crippen MR) is 96.5 cm³/mol. The molecule has 2 aromatic rings. The molecule has 0 aromatic heterocycles. The zero-order valence-corrected chi connectivity index (χ0v) is 14.4. The Morgan fingerprint density at radius 2 is 1.88 bits per heavy atom. The molecule has 1 unspecified atom stereocenters. The number of halogens is 1. The molecule has 0 bridgehead atoms. The Bertz CT molecular complexity index is 749. The maximum absolute atomic E-state index is 12.8. The molecule has 136 valence electrons. The number of nitrogens with one attached hydrogen (secondary N) is 1. The van der Waals surface area contributed by atoms with Crippen molar-refractivity contribution in [3.63, 3.8) is 0 Å². The van der Waals surface area contributed by atoms with Gasteiger partial charge >= 0.3 is 0 Å². The van der Waals surface area contributed by atoms with Crippen LogP contribution in [-0.2, 0) is 9.59 Å². The van der Waals surface area contributed by atoms with E-state index in [9.17, 15) is 14.0 Å². The third kappa shape index (κ3) is 4.39. The highest BCUT2D eigenvalue weighted by atomic mass is 19.1. The third-order valence-electron chi connectivity index (χ3n) is 4.25. The van der Waals surface area contributed by atoms with E-state index in [4.69, 9.17) is 4.74 Å². The minimum Gasteiger partial charge on any atom is -0.494 e. The monoisotopic (exact) mass is 356 g/mol. The van der Waals surface area contributed by atoms with Gasteiger partial charge in [-0.25, -0.2) is 4.39 Å². The number of hydrogen-bond acceptors (Lipinski definition) is 3. The summed E-state index contributed by atoms with van der Waals surface area (Å²) in [6, 6.07) is 14.6. The van der Waals surface area contributed by atoms with Crippen LogP contribution in [0.5, 0.6) is 5.75 Å². The summed E-state index contributed by atoms with van der Waals surface area (Å²) in [6.07, 6.45) is 1.52. The summed E-state index contributed by atoms with van der Waals surface area (Å²) in [5, 5.41) is 2.87. The maximum Gasteiger partial charge on any atom is 0.243 e. The van der Waals surface area contributed by atoms with Gasteiger partial charge < -0.3 is 10.1 Å². The number of amides is 2. The van der Waals surface area contributed by atoms with Gasteiger partial charge in [-0.3, -0.25) is 14.5 Å². The van der Waals surface area contributed by atoms with Crippen LogP contribution in [0.1, 0.15) is 19.3 Å². The summed E-state index contributed by atoms with van der Waals surface area (Å²) in [5.41, 5.74) is 0.745. The lowest BCUT2D eigenvalue weighted by Gasteiger charge is -2.24. The summed E-state index contributed by atoms with van der Waals surface area (Å²) in [6.45, 7) is 0.866. The summed E-state index contributed by atoms with van der Waals surface area (Å²) >= 11 is 0. The quantitative estimate of drug-likeness (QED) is 0.776. The summed E-state index contributed by atoms with van der Waals surface area (Å²) < 4.78 is 18.3. The summed E-state index contributed by atoms with van der Waals surface area (Å²) in [4.78, 5) is 26.2. The molecule has 26 heavy (non-hydrogen) atoms. The Hall–Kier alpha value is -2.89. The van der Waals surface area contributed by atoms with E-state index in [0.717, 1.165) is 5.69 Å². The molecule has 6 heteroatoms. The molecule has 0 saturated carbocycles. The molecule has 0 spiro atoms. The Balaban J connectivity index is 1.45. The van der Waals surface area contributed by atoms with Gasteiger partial charge in [0.15, 0.2) is 0 Å². The van der Waals surface area contributed by atoms with Gasteiger partial charge in [0.2, 0.25) is 11.8 Å². The number of benzene rings is 2. The van der Waals surface area contributed by atoms with Gasteiger partial charge in [0, 0.05) is 18.7 Å². The molecule has 1 fully saturated rings. The first-order valence-corrected chi connectivity index (χ1v) is 8.68. The molecule has 1 aliphatic rings. The summed E-state index contributed by atoms with van der Waals surface area (Å²) in [7, 11) is 0. The molecule has 1 N–H and O–H groups in total. The number of carbonyl (C=O) groups excluding carboxylic acids is 2. The fraction of sp³-hybridized carbons (Fsp3) is 0.300. The molecule has 0 radical (unpaired) electrons. The van der Waals surface area contributed by atoms with Crippen LogP contribution < -0.4 is 15.0 Å². The molecule has 3 rings (SSSR count). The lowest BCUT2D eigenvalue weighted by Crippen LogP contribution is -2.45. The number of carbonyl (C=O) groups is 2. The van der Waals surface area contributed by atoms with Gasteiger partial charge in [0.05, 0.1) is 6.61 Å². The van der Waals surface area contributed by atoms with Crippen molar-refractivity contribution in [2.24, 2.45) is 0 Å². The van der Waals surface area contributed by atoms with Crippen LogP contribution in [0.15, 0.2) is 54.6 Å². The third-order valence-corrected chi connectivity index (χ3v) is 4.25. The van der Waals surface area contributed by atoms with Gasteiger partial charge in [-0.05, 0) is 49.2 Å². The van der Waals surface area contributed by atoms with Crippen molar-refractivity contribution in [3.8, 4) is 5.75 Å². The van der Waals surface area contributed by atoms with Gasteiger partial charge in [-0.2, -0.15) is 0 Å². The lowest BCUT2D eigenvalue weighted by atomic mass is 10.2. The molecule has 1 heterocycles. The normalized spacial score (nSPS) is 16.6. The van der Waals surface area contributed by atoms with Crippen LogP contribution >= 0.6 is 0 Å². The number of hydrogen-bond donors (Lipinski definition) is 1. The number of rotatable bonds is 7. The standard InChI is InChI=1S/C20H21FN2O3/c21-15-7-9-17(10-8-15)26-14-4-13-22-20(25)18-11-12-19(24)23(18)16-5-2-1-3-6-16/h1-3,5-10,18H,4,11-14H2,(H,22,25). The SMILES string of the molecule is O=C(NCCCOc1ccc(F)cc1)C1CCC(=O)N1c1ccccc1. The lowest BCUT2D eigenvalue weighted by molar-refractivity contribution is -0.123. The Morgan fingerprint density at radius 3 is 2.62 bits per heavy atom.